The number of nitrogens with zero attached hydrogens (tertiary/aromatic N) is 2. The number of rotatable bonds is 6. The first-order valence-electron chi connectivity index (χ1n) is 6.85. The summed E-state index contributed by atoms with van der Waals surface area (Å²) < 4.78 is 5.47. The van der Waals surface area contributed by atoms with Gasteiger partial charge in [0.25, 0.3) is 5.22 Å². The summed E-state index contributed by atoms with van der Waals surface area (Å²) >= 11 is 2.88. The largest absolute Gasteiger partial charge is 0.415 e. The molecule has 7 heteroatoms. The quantitative estimate of drug-likeness (QED) is 0.811. The van der Waals surface area contributed by atoms with Crippen LogP contribution in [0.3, 0.4) is 0 Å². The highest BCUT2D eigenvalue weighted by molar-refractivity contribution is 8.00. The Kier molecular flexibility index (Phi) is 5.90. The Morgan fingerprint density at radius 1 is 1.36 bits per heavy atom. The van der Waals surface area contributed by atoms with Crippen LogP contribution in [0, 0.1) is 13.8 Å². The van der Waals surface area contributed by atoms with Gasteiger partial charge < -0.3 is 9.73 Å². The first-order valence-corrected chi connectivity index (χ1v) is 9.13. The number of thioether (sulfide) groups is 2. The van der Waals surface area contributed by atoms with Gasteiger partial charge in [-0.1, -0.05) is 29.5 Å². The Bertz CT molecular complexity index is 658. The molecule has 0 saturated carbocycles. The van der Waals surface area contributed by atoms with Gasteiger partial charge in [0.2, 0.25) is 11.8 Å². The smallest absolute Gasteiger partial charge is 0.277 e. The molecule has 118 valence electrons. The van der Waals surface area contributed by atoms with E-state index >= 15 is 0 Å². The second-order valence-electron chi connectivity index (χ2n) is 4.96. The van der Waals surface area contributed by atoms with E-state index in [1.165, 1.54) is 17.3 Å². The second-order valence-corrected chi connectivity index (χ2v) is 7.12. The first-order chi connectivity index (χ1) is 10.5. The molecule has 1 aromatic heterocycles. The third-order valence-electron chi connectivity index (χ3n) is 3.00. The van der Waals surface area contributed by atoms with E-state index in [0.717, 1.165) is 11.3 Å². The molecule has 2 aromatic rings. The molecule has 1 aromatic carbocycles. The van der Waals surface area contributed by atoms with Crippen molar-refractivity contribution in [3.05, 3.63) is 35.2 Å². The van der Waals surface area contributed by atoms with Crippen molar-refractivity contribution in [1.29, 1.82) is 0 Å². The van der Waals surface area contributed by atoms with E-state index in [2.05, 4.69) is 15.5 Å². The van der Waals surface area contributed by atoms with E-state index in [4.69, 9.17) is 4.42 Å². The number of aromatic nitrogens is 2. The van der Waals surface area contributed by atoms with Gasteiger partial charge in [-0.15, -0.1) is 10.2 Å². The van der Waals surface area contributed by atoms with Crippen molar-refractivity contribution in [1.82, 2.24) is 10.2 Å². The van der Waals surface area contributed by atoms with Gasteiger partial charge in [-0.25, -0.2) is 0 Å². The van der Waals surface area contributed by atoms with Crippen LogP contribution in [0.1, 0.15) is 23.9 Å². The zero-order valence-electron chi connectivity index (χ0n) is 13.0. The predicted octanol–water partition coefficient (Wildman–Crippen LogP) is 3.67. The third-order valence-corrected chi connectivity index (χ3v) is 4.47. The zero-order valence-corrected chi connectivity index (χ0v) is 14.7. The maximum atomic E-state index is 12.3. The molecule has 5 nitrogen and oxygen atoms in total. The zero-order chi connectivity index (χ0) is 16.1. The van der Waals surface area contributed by atoms with Crippen molar-refractivity contribution < 1.29 is 9.21 Å². The molecule has 0 bridgehead atoms. The minimum absolute atomic E-state index is 0.0819. The van der Waals surface area contributed by atoms with Gasteiger partial charge in [0.05, 0.1) is 11.0 Å². The SMILES string of the molecule is CSCc1nnc(SC(C)C(=O)Nc2ccc(C)cc2C)o1. The molecule has 1 amide bonds. The van der Waals surface area contributed by atoms with Crippen LogP contribution < -0.4 is 5.32 Å². The van der Waals surface area contributed by atoms with Gasteiger partial charge in [0, 0.05) is 5.69 Å². The Morgan fingerprint density at radius 2 is 2.14 bits per heavy atom. The molecule has 1 atom stereocenters. The standard InChI is InChI=1S/C15H19N3O2S2/c1-9-5-6-12(10(2)7-9)16-14(19)11(3)22-15-18-17-13(20-15)8-21-4/h5-7,11H,8H2,1-4H3,(H,16,19). The van der Waals surface area contributed by atoms with E-state index in [0.29, 0.717) is 16.9 Å². The number of benzene rings is 1. The topological polar surface area (TPSA) is 68.0 Å². The molecule has 1 N–H and O–H groups in total. The fourth-order valence-corrected chi connectivity index (χ4v) is 2.92. The van der Waals surface area contributed by atoms with E-state index < -0.39 is 0 Å². The van der Waals surface area contributed by atoms with E-state index in [9.17, 15) is 4.79 Å². The molecule has 0 radical (unpaired) electrons. The Labute approximate surface area is 138 Å². The van der Waals surface area contributed by atoms with Crippen LogP contribution in [0.5, 0.6) is 0 Å². The highest BCUT2D eigenvalue weighted by atomic mass is 32.2. The molecule has 0 fully saturated rings. The van der Waals surface area contributed by atoms with Crippen LogP contribution in [-0.4, -0.2) is 27.6 Å². The number of carbonyl (C=O) groups excluding carboxylic acids is 1. The van der Waals surface area contributed by atoms with Crippen molar-refractivity contribution in [2.45, 2.75) is 37.0 Å². The van der Waals surface area contributed by atoms with Gasteiger partial charge in [-0.05, 0) is 38.7 Å². The molecular formula is C15H19N3O2S2. The Balaban J connectivity index is 1.96. The van der Waals surface area contributed by atoms with E-state index in [1.54, 1.807) is 11.8 Å². The molecule has 0 aliphatic rings. The van der Waals surface area contributed by atoms with Crippen molar-refractivity contribution in [2.24, 2.45) is 0 Å². The minimum atomic E-state index is -0.316. The normalized spacial score (nSPS) is 12.2. The number of aryl methyl sites for hydroxylation is 2. The average Bonchev–Trinajstić information content (AvgIpc) is 2.89. The first kappa shape index (κ1) is 16.9. The molecule has 0 saturated heterocycles. The summed E-state index contributed by atoms with van der Waals surface area (Å²) in [6, 6.07) is 5.94. The summed E-state index contributed by atoms with van der Waals surface area (Å²) in [7, 11) is 0. The summed E-state index contributed by atoms with van der Waals surface area (Å²) in [5, 5.41) is 10.9. The summed E-state index contributed by atoms with van der Waals surface area (Å²) in [4.78, 5) is 12.3. The predicted molar refractivity (Wildman–Crippen MR) is 91.4 cm³/mol. The van der Waals surface area contributed by atoms with Crippen molar-refractivity contribution in [3.8, 4) is 0 Å². The minimum Gasteiger partial charge on any atom is -0.415 e. The van der Waals surface area contributed by atoms with Crippen molar-refractivity contribution >= 4 is 35.1 Å². The summed E-state index contributed by atoms with van der Waals surface area (Å²) in [5.74, 6) is 1.18. The van der Waals surface area contributed by atoms with Crippen LogP contribution in [-0.2, 0) is 10.5 Å². The molecule has 1 unspecified atom stereocenters. The molecule has 0 aliphatic carbocycles. The number of amides is 1. The molecule has 22 heavy (non-hydrogen) atoms. The van der Waals surface area contributed by atoms with E-state index in [-0.39, 0.29) is 11.2 Å². The lowest BCUT2D eigenvalue weighted by atomic mass is 10.1. The van der Waals surface area contributed by atoms with E-state index in [1.807, 2.05) is 45.2 Å². The molecule has 1 heterocycles. The fourth-order valence-electron chi connectivity index (χ4n) is 1.86. The summed E-state index contributed by atoms with van der Waals surface area (Å²) in [6.07, 6.45) is 1.97. The molecule has 0 aliphatic heterocycles. The highest BCUT2D eigenvalue weighted by Crippen LogP contribution is 2.24. The number of carbonyl (C=O) groups is 1. The number of hydrogen-bond acceptors (Lipinski definition) is 6. The highest BCUT2D eigenvalue weighted by Gasteiger charge is 2.19. The van der Waals surface area contributed by atoms with Crippen LogP contribution in [0.2, 0.25) is 0 Å². The number of anilines is 1. The van der Waals surface area contributed by atoms with Crippen LogP contribution in [0.4, 0.5) is 5.69 Å². The van der Waals surface area contributed by atoms with Gasteiger partial charge in [0.1, 0.15) is 0 Å². The lowest BCUT2D eigenvalue weighted by Crippen LogP contribution is -2.22. The maximum Gasteiger partial charge on any atom is 0.277 e. The maximum absolute atomic E-state index is 12.3. The molecular weight excluding hydrogens is 318 g/mol. The summed E-state index contributed by atoms with van der Waals surface area (Å²) in [6.45, 7) is 5.83. The van der Waals surface area contributed by atoms with Crippen LogP contribution in [0.15, 0.2) is 27.8 Å². The fraction of sp³-hybridized carbons (Fsp3) is 0.400. The molecule has 2 rings (SSSR count). The van der Waals surface area contributed by atoms with Gasteiger partial charge >= 0.3 is 0 Å². The van der Waals surface area contributed by atoms with Crippen molar-refractivity contribution in [2.75, 3.05) is 11.6 Å². The average molecular weight is 337 g/mol. The lowest BCUT2D eigenvalue weighted by molar-refractivity contribution is -0.115. The van der Waals surface area contributed by atoms with Gasteiger partial charge in [-0.2, -0.15) is 11.8 Å². The van der Waals surface area contributed by atoms with Gasteiger partial charge in [-0.3, -0.25) is 4.79 Å². The monoisotopic (exact) mass is 337 g/mol. The summed E-state index contributed by atoms with van der Waals surface area (Å²) in [5.41, 5.74) is 3.05. The number of nitrogens with one attached hydrogen (secondary N) is 1. The van der Waals surface area contributed by atoms with Crippen LogP contribution in [0.25, 0.3) is 0 Å². The Hall–Kier alpha value is -1.47. The van der Waals surface area contributed by atoms with Crippen molar-refractivity contribution in [3.63, 3.8) is 0 Å². The van der Waals surface area contributed by atoms with Crippen LogP contribution >= 0.6 is 23.5 Å². The second kappa shape index (κ2) is 7.69. The third kappa shape index (κ3) is 4.51. The Morgan fingerprint density at radius 3 is 2.82 bits per heavy atom. The number of hydrogen-bond donors (Lipinski definition) is 1. The van der Waals surface area contributed by atoms with Gasteiger partial charge in [0.15, 0.2) is 0 Å². The molecule has 0 spiro atoms. The lowest BCUT2D eigenvalue weighted by Gasteiger charge is -2.12.